The molecule has 124 valence electrons. The Bertz CT molecular complexity index is 828. The molecule has 0 spiro atoms. The van der Waals surface area contributed by atoms with Gasteiger partial charge in [0, 0.05) is 23.1 Å². The second kappa shape index (κ2) is 6.56. The van der Waals surface area contributed by atoms with Crippen molar-refractivity contribution < 1.29 is 4.39 Å². The number of hydrogen-bond donors (Lipinski definition) is 0. The summed E-state index contributed by atoms with van der Waals surface area (Å²) in [5, 5.41) is 14.1. The lowest BCUT2D eigenvalue weighted by Gasteiger charge is -2.31. The predicted octanol–water partition coefficient (Wildman–Crippen LogP) is 3.54. The Labute approximate surface area is 150 Å². The van der Waals surface area contributed by atoms with Crippen LogP contribution >= 0.6 is 27.3 Å². The van der Waals surface area contributed by atoms with Crippen molar-refractivity contribution in [1.29, 1.82) is 0 Å². The standard InChI is InChI=1S/C15H14BrFN6S/c16-10-1-2-13(17)12(7-10)14-20-21-15(24-14)22-5-3-11(4-6-22)23-9-18-8-19-23/h1-2,7-9,11H,3-6H2. The van der Waals surface area contributed by atoms with Crippen molar-refractivity contribution in [2.24, 2.45) is 0 Å². The third kappa shape index (κ3) is 3.05. The highest BCUT2D eigenvalue weighted by atomic mass is 79.9. The summed E-state index contributed by atoms with van der Waals surface area (Å²) in [6.45, 7) is 1.75. The van der Waals surface area contributed by atoms with E-state index in [0.717, 1.165) is 35.5 Å². The molecule has 4 rings (SSSR count). The average Bonchev–Trinajstić information content (AvgIpc) is 3.29. The topological polar surface area (TPSA) is 59.7 Å². The van der Waals surface area contributed by atoms with Gasteiger partial charge in [0.05, 0.1) is 6.04 Å². The van der Waals surface area contributed by atoms with Crippen LogP contribution in [0.4, 0.5) is 9.52 Å². The van der Waals surface area contributed by atoms with E-state index in [2.05, 4.69) is 41.1 Å². The molecule has 0 aliphatic carbocycles. The molecule has 1 fully saturated rings. The van der Waals surface area contributed by atoms with Crippen molar-refractivity contribution >= 4 is 32.4 Å². The summed E-state index contributed by atoms with van der Waals surface area (Å²) in [5.74, 6) is -0.286. The fourth-order valence-electron chi connectivity index (χ4n) is 2.84. The second-order valence-electron chi connectivity index (χ2n) is 5.61. The van der Waals surface area contributed by atoms with Gasteiger partial charge in [-0.05, 0) is 31.0 Å². The van der Waals surface area contributed by atoms with E-state index >= 15 is 0 Å². The summed E-state index contributed by atoms with van der Waals surface area (Å²) in [6.07, 6.45) is 5.28. The van der Waals surface area contributed by atoms with Crippen molar-refractivity contribution in [2.45, 2.75) is 18.9 Å². The van der Waals surface area contributed by atoms with Crippen molar-refractivity contribution in [2.75, 3.05) is 18.0 Å². The third-order valence-corrected chi connectivity index (χ3v) is 5.63. The lowest BCUT2D eigenvalue weighted by atomic mass is 10.1. The molecular formula is C15H14BrFN6S. The lowest BCUT2D eigenvalue weighted by molar-refractivity contribution is 0.366. The molecule has 3 heterocycles. The Morgan fingerprint density at radius 2 is 2.04 bits per heavy atom. The van der Waals surface area contributed by atoms with Crippen molar-refractivity contribution in [3.05, 3.63) is 41.1 Å². The molecule has 1 aliphatic heterocycles. The van der Waals surface area contributed by atoms with E-state index in [9.17, 15) is 4.39 Å². The Morgan fingerprint density at radius 3 is 2.79 bits per heavy atom. The minimum absolute atomic E-state index is 0.286. The molecule has 6 nitrogen and oxygen atoms in total. The Hall–Kier alpha value is -1.87. The number of nitrogens with zero attached hydrogens (tertiary/aromatic N) is 6. The van der Waals surface area contributed by atoms with E-state index in [-0.39, 0.29) is 5.82 Å². The van der Waals surface area contributed by atoms with Crippen LogP contribution in [0.2, 0.25) is 0 Å². The van der Waals surface area contributed by atoms with E-state index in [4.69, 9.17) is 0 Å². The van der Waals surface area contributed by atoms with Gasteiger partial charge in [-0.3, -0.25) is 0 Å². The first-order valence-electron chi connectivity index (χ1n) is 7.59. The van der Waals surface area contributed by atoms with Crippen LogP contribution in [0, 0.1) is 5.82 Å². The van der Waals surface area contributed by atoms with E-state index in [1.165, 1.54) is 17.4 Å². The van der Waals surface area contributed by atoms with Gasteiger partial charge in [-0.2, -0.15) is 5.10 Å². The number of aromatic nitrogens is 5. The van der Waals surface area contributed by atoms with E-state index in [1.807, 2.05) is 4.68 Å². The summed E-state index contributed by atoms with van der Waals surface area (Å²) in [5.41, 5.74) is 0.477. The second-order valence-corrected chi connectivity index (χ2v) is 7.48. The number of hydrogen-bond acceptors (Lipinski definition) is 6. The van der Waals surface area contributed by atoms with Crippen LogP contribution in [-0.2, 0) is 0 Å². The number of halogens is 2. The third-order valence-electron chi connectivity index (χ3n) is 4.12. The maximum absolute atomic E-state index is 14.0. The smallest absolute Gasteiger partial charge is 0.208 e. The summed E-state index contributed by atoms with van der Waals surface area (Å²) in [7, 11) is 0. The van der Waals surface area contributed by atoms with Gasteiger partial charge in [-0.1, -0.05) is 27.3 Å². The summed E-state index contributed by atoms with van der Waals surface area (Å²) in [4.78, 5) is 6.20. The fourth-order valence-corrected chi connectivity index (χ4v) is 4.12. The van der Waals surface area contributed by atoms with Crippen molar-refractivity contribution in [3.8, 4) is 10.6 Å². The molecule has 0 amide bonds. The van der Waals surface area contributed by atoms with Gasteiger partial charge in [-0.15, -0.1) is 10.2 Å². The van der Waals surface area contributed by atoms with Gasteiger partial charge in [0.2, 0.25) is 5.13 Å². The highest BCUT2D eigenvalue weighted by molar-refractivity contribution is 9.10. The molecule has 0 unspecified atom stereocenters. The zero-order chi connectivity index (χ0) is 16.5. The van der Waals surface area contributed by atoms with Crippen LogP contribution in [0.15, 0.2) is 35.3 Å². The zero-order valence-electron chi connectivity index (χ0n) is 12.6. The number of benzene rings is 1. The monoisotopic (exact) mass is 408 g/mol. The number of rotatable bonds is 3. The predicted molar refractivity (Wildman–Crippen MR) is 93.5 cm³/mol. The van der Waals surface area contributed by atoms with Crippen molar-refractivity contribution in [1.82, 2.24) is 25.0 Å². The van der Waals surface area contributed by atoms with Gasteiger partial charge in [-0.25, -0.2) is 14.1 Å². The van der Waals surface area contributed by atoms with Gasteiger partial charge in [0.1, 0.15) is 18.5 Å². The normalized spacial score (nSPS) is 15.8. The summed E-state index contributed by atoms with van der Waals surface area (Å²) < 4.78 is 16.7. The molecule has 0 N–H and O–H groups in total. The van der Waals surface area contributed by atoms with Crippen LogP contribution in [0.5, 0.6) is 0 Å². The quantitative estimate of drug-likeness (QED) is 0.663. The van der Waals surface area contributed by atoms with Gasteiger partial charge < -0.3 is 4.90 Å². The molecule has 0 bridgehead atoms. The van der Waals surface area contributed by atoms with Crippen molar-refractivity contribution in [3.63, 3.8) is 0 Å². The molecule has 24 heavy (non-hydrogen) atoms. The molecule has 0 radical (unpaired) electrons. The number of piperidine rings is 1. The lowest BCUT2D eigenvalue weighted by Crippen LogP contribution is -2.34. The first kappa shape index (κ1) is 15.6. The van der Waals surface area contributed by atoms with Crippen LogP contribution < -0.4 is 4.90 Å². The largest absolute Gasteiger partial charge is 0.346 e. The van der Waals surface area contributed by atoms with Crippen LogP contribution in [-0.4, -0.2) is 38.1 Å². The maximum Gasteiger partial charge on any atom is 0.208 e. The molecule has 0 atom stereocenters. The van der Waals surface area contributed by atoms with E-state index in [1.54, 1.807) is 24.8 Å². The molecule has 3 aromatic rings. The van der Waals surface area contributed by atoms with E-state index < -0.39 is 0 Å². The Morgan fingerprint density at radius 1 is 1.21 bits per heavy atom. The minimum Gasteiger partial charge on any atom is -0.346 e. The molecule has 9 heteroatoms. The molecule has 1 saturated heterocycles. The SMILES string of the molecule is Fc1ccc(Br)cc1-c1nnc(N2CCC(n3cncn3)CC2)s1. The highest BCUT2D eigenvalue weighted by Crippen LogP contribution is 2.34. The van der Waals surface area contributed by atoms with Crippen LogP contribution in [0.3, 0.4) is 0 Å². The Kier molecular flexibility index (Phi) is 4.28. The fraction of sp³-hybridized carbons (Fsp3) is 0.333. The van der Waals surface area contributed by atoms with E-state index in [0.29, 0.717) is 16.6 Å². The number of anilines is 1. The molecule has 1 aliphatic rings. The van der Waals surface area contributed by atoms with Gasteiger partial charge >= 0.3 is 0 Å². The summed E-state index contributed by atoms with van der Waals surface area (Å²) in [6, 6.07) is 5.22. The molecule has 0 saturated carbocycles. The van der Waals surface area contributed by atoms with Crippen LogP contribution in [0.25, 0.3) is 10.6 Å². The Balaban J connectivity index is 1.49. The first-order chi connectivity index (χ1) is 11.7. The maximum atomic E-state index is 14.0. The first-order valence-corrected chi connectivity index (χ1v) is 9.19. The van der Waals surface area contributed by atoms with Gasteiger partial charge in [0.15, 0.2) is 5.01 Å². The molecule has 2 aromatic heterocycles. The van der Waals surface area contributed by atoms with Gasteiger partial charge in [0.25, 0.3) is 0 Å². The average molecular weight is 409 g/mol. The highest BCUT2D eigenvalue weighted by Gasteiger charge is 2.24. The molecular weight excluding hydrogens is 395 g/mol. The molecule has 1 aromatic carbocycles. The van der Waals surface area contributed by atoms with Crippen LogP contribution in [0.1, 0.15) is 18.9 Å². The summed E-state index contributed by atoms with van der Waals surface area (Å²) >= 11 is 4.79. The minimum atomic E-state index is -0.286. The zero-order valence-corrected chi connectivity index (χ0v) is 15.0.